The van der Waals surface area contributed by atoms with Crippen LogP contribution in [-0.2, 0) is 0 Å². The highest BCUT2D eigenvalue weighted by Crippen LogP contribution is 2.52. The van der Waals surface area contributed by atoms with Crippen LogP contribution in [0.5, 0.6) is 0 Å². The van der Waals surface area contributed by atoms with Crippen molar-refractivity contribution in [3.8, 4) is 0 Å². The van der Waals surface area contributed by atoms with Gasteiger partial charge in [0.2, 0.25) is 0 Å². The van der Waals surface area contributed by atoms with Gasteiger partial charge in [0.1, 0.15) is 0 Å². The molecule has 1 atom stereocenters. The number of halogens is 8. The van der Waals surface area contributed by atoms with Crippen LogP contribution in [0, 0.1) is 0 Å². The molecule has 68 valence electrons. The monoisotopic (exact) mass is 252 g/mol. The van der Waals surface area contributed by atoms with E-state index in [-0.39, 0.29) is 0 Å². The predicted molar refractivity (Wildman–Crippen MR) is 36.0 cm³/mol. The molecule has 0 bridgehead atoms. The molecule has 0 radical (unpaired) electrons. The molecule has 0 aliphatic heterocycles. The summed E-state index contributed by atoms with van der Waals surface area (Å²) in [6.07, 6.45) is 0. The molecule has 0 aliphatic carbocycles. The minimum Gasteiger partial charge on any atom is -0.211 e. The average molecular weight is 254 g/mol. The Kier molecular flexibility index (Phi) is 3.22. The smallest absolute Gasteiger partial charge is 0.211 e. The molecular formula is C3Cl4F4. The first-order chi connectivity index (χ1) is 4.50. The van der Waals surface area contributed by atoms with Gasteiger partial charge in [-0.1, -0.05) is 34.8 Å². The lowest BCUT2D eigenvalue weighted by atomic mass is 10.4. The first-order valence-corrected chi connectivity index (χ1v) is 3.52. The van der Waals surface area contributed by atoms with Gasteiger partial charge in [-0.25, -0.2) is 8.78 Å². The zero-order valence-electron chi connectivity index (χ0n) is 4.52. The Hall–Kier alpha value is 0.880. The van der Waals surface area contributed by atoms with Crippen LogP contribution in [0.2, 0.25) is 0 Å². The van der Waals surface area contributed by atoms with Gasteiger partial charge >= 0.3 is 15.1 Å². The summed E-state index contributed by atoms with van der Waals surface area (Å²) in [4.78, 5) is 0. The number of rotatable bonds is 2. The Morgan fingerprint density at radius 1 is 0.727 bits per heavy atom. The van der Waals surface area contributed by atoms with Crippen LogP contribution in [-0.4, -0.2) is 15.1 Å². The normalized spacial score (nSPS) is 19.6. The van der Waals surface area contributed by atoms with Gasteiger partial charge in [-0.2, -0.15) is 8.78 Å². The molecule has 0 fully saturated rings. The fourth-order valence-electron chi connectivity index (χ4n) is 0.161. The van der Waals surface area contributed by atoms with Crippen molar-refractivity contribution < 1.29 is 17.6 Å². The molecule has 0 rings (SSSR count). The molecule has 8 heteroatoms. The minimum absolute atomic E-state index is 3.96. The fourth-order valence-corrected chi connectivity index (χ4v) is 0.625. The van der Waals surface area contributed by atoms with Crippen LogP contribution >= 0.6 is 46.4 Å². The fraction of sp³-hybridized carbons (Fsp3) is 1.00. The highest BCUT2D eigenvalue weighted by Gasteiger charge is 2.66. The minimum atomic E-state index is -4.69. The summed E-state index contributed by atoms with van der Waals surface area (Å²) in [6.45, 7) is 0. The van der Waals surface area contributed by atoms with E-state index in [2.05, 4.69) is 46.4 Å². The third kappa shape index (κ3) is 2.41. The van der Waals surface area contributed by atoms with Crippen molar-refractivity contribution in [3.63, 3.8) is 0 Å². The molecule has 0 amide bonds. The van der Waals surface area contributed by atoms with Crippen LogP contribution in [0.1, 0.15) is 0 Å². The van der Waals surface area contributed by atoms with E-state index in [0.717, 1.165) is 0 Å². The van der Waals surface area contributed by atoms with E-state index in [0.29, 0.717) is 0 Å². The number of alkyl halides is 8. The summed E-state index contributed by atoms with van der Waals surface area (Å²) in [5.41, 5.74) is 0. The molecule has 0 aromatic carbocycles. The van der Waals surface area contributed by atoms with Gasteiger partial charge in [-0.3, -0.25) is 0 Å². The summed E-state index contributed by atoms with van der Waals surface area (Å²) in [7, 11) is 0. The second-order valence-corrected chi connectivity index (χ2v) is 3.80. The Bertz CT molecular complexity index is 128. The van der Waals surface area contributed by atoms with Crippen molar-refractivity contribution in [2.24, 2.45) is 0 Å². The molecule has 0 heterocycles. The number of hydrogen-bond acceptors (Lipinski definition) is 0. The maximum absolute atomic E-state index is 12.3. The van der Waals surface area contributed by atoms with E-state index in [9.17, 15) is 17.6 Å². The summed E-state index contributed by atoms with van der Waals surface area (Å²) in [5, 5.41) is -9.04. The molecule has 0 aliphatic rings. The van der Waals surface area contributed by atoms with Crippen LogP contribution in [0.4, 0.5) is 17.6 Å². The van der Waals surface area contributed by atoms with Crippen LogP contribution in [0.25, 0.3) is 0 Å². The molecule has 0 nitrogen and oxygen atoms in total. The van der Waals surface area contributed by atoms with Gasteiger partial charge in [0, 0.05) is 0 Å². The second-order valence-electron chi connectivity index (χ2n) is 1.57. The summed E-state index contributed by atoms with van der Waals surface area (Å²) in [5.74, 6) is 0. The first kappa shape index (κ1) is 11.9. The van der Waals surface area contributed by atoms with Crippen LogP contribution in [0.3, 0.4) is 0 Å². The molecule has 0 spiro atoms. The van der Waals surface area contributed by atoms with Gasteiger partial charge in [0.15, 0.2) is 0 Å². The summed E-state index contributed by atoms with van der Waals surface area (Å²) >= 11 is 17.0. The SMILES string of the molecule is FC(F)(Cl)[C@@](F)(Cl)C(F)(Cl)Cl. The average Bonchev–Trinajstić information content (AvgIpc) is 1.58. The van der Waals surface area contributed by atoms with Gasteiger partial charge in [-0.05, 0) is 11.6 Å². The second kappa shape index (κ2) is 2.98. The van der Waals surface area contributed by atoms with E-state index in [4.69, 9.17) is 0 Å². The third-order valence-corrected chi connectivity index (χ3v) is 2.28. The molecule has 0 saturated heterocycles. The lowest BCUT2D eigenvalue weighted by Crippen LogP contribution is -2.46. The Labute approximate surface area is 79.3 Å². The van der Waals surface area contributed by atoms with E-state index < -0.39 is 15.1 Å². The summed E-state index contributed by atoms with van der Waals surface area (Å²) in [6, 6.07) is 0. The molecule has 0 aromatic rings. The van der Waals surface area contributed by atoms with Crippen LogP contribution in [0.15, 0.2) is 0 Å². The topological polar surface area (TPSA) is 0 Å². The lowest BCUT2D eigenvalue weighted by molar-refractivity contribution is -0.0516. The Balaban J connectivity index is 4.75. The van der Waals surface area contributed by atoms with Gasteiger partial charge in [-0.15, -0.1) is 0 Å². The highest BCUT2D eigenvalue weighted by atomic mass is 35.5. The van der Waals surface area contributed by atoms with Crippen LogP contribution < -0.4 is 0 Å². The Morgan fingerprint density at radius 2 is 1.00 bits per heavy atom. The molecule has 0 N–H and O–H groups in total. The van der Waals surface area contributed by atoms with Crippen molar-refractivity contribution in [1.82, 2.24) is 0 Å². The molecule has 0 unspecified atom stereocenters. The van der Waals surface area contributed by atoms with E-state index in [1.54, 1.807) is 0 Å². The van der Waals surface area contributed by atoms with E-state index in [1.165, 1.54) is 0 Å². The van der Waals surface area contributed by atoms with Crippen molar-refractivity contribution in [2.45, 2.75) is 15.1 Å². The number of hydrogen-bond donors (Lipinski definition) is 0. The molecule has 11 heavy (non-hydrogen) atoms. The molecule has 0 aromatic heterocycles. The van der Waals surface area contributed by atoms with E-state index in [1.807, 2.05) is 0 Å². The van der Waals surface area contributed by atoms with E-state index >= 15 is 0 Å². The van der Waals surface area contributed by atoms with Gasteiger partial charge in [0.25, 0.3) is 0 Å². The zero-order chi connectivity index (χ0) is 9.50. The maximum Gasteiger partial charge on any atom is 0.375 e. The van der Waals surface area contributed by atoms with Crippen molar-refractivity contribution >= 4 is 46.4 Å². The molecule has 0 saturated carbocycles. The van der Waals surface area contributed by atoms with Crippen molar-refractivity contribution in [2.75, 3.05) is 0 Å². The largest absolute Gasteiger partial charge is 0.375 e. The summed E-state index contributed by atoms with van der Waals surface area (Å²) < 4.78 is 44.2. The first-order valence-electron chi connectivity index (χ1n) is 2.01. The standard InChI is InChI=1S/C3Cl4F4/c4-1(8,2(5,6)9)3(7,10)11/t1-/m1/s1. The van der Waals surface area contributed by atoms with Gasteiger partial charge in [0.05, 0.1) is 0 Å². The molecular weight excluding hydrogens is 254 g/mol. The van der Waals surface area contributed by atoms with Crippen molar-refractivity contribution in [1.29, 1.82) is 0 Å². The lowest BCUT2D eigenvalue weighted by Gasteiger charge is -2.27. The predicted octanol–water partition coefficient (Wildman–Crippen LogP) is 3.82. The van der Waals surface area contributed by atoms with Gasteiger partial charge < -0.3 is 0 Å². The maximum atomic E-state index is 12.3. The highest BCUT2D eigenvalue weighted by molar-refractivity contribution is 6.53. The quantitative estimate of drug-likeness (QED) is 0.518. The van der Waals surface area contributed by atoms with Crippen molar-refractivity contribution in [3.05, 3.63) is 0 Å². The third-order valence-electron chi connectivity index (χ3n) is 0.712. The Morgan fingerprint density at radius 3 is 1.00 bits per heavy atom. The zero-order valence-corrected chi connectivity index (χ0v) is 7.55.